The highest BCUT2D eigenvalue weighted by atomic mass is 16.2. The third-order valence-corrected chi connectivity index (χ3v) is 18.7. The lowest BCUT2D eigenvalue weighted by Crippen LogP contribution is -2.57. The van der Waals surface area contributed by atoms with E-state index in [9.17, 15) is 19.2 Å². The number of likely N-dealkylation sites (tertiary alicyclic amines) is 3. The Labute approximate surface area is 424 Å². The van der Waals surface area contributed by atoms with Crippen LogP contribution in [0.4, 0.5) is 17.3 Å². The van der Waals surface area contributed by atoms with Crippen LogP contribution >= 0.6 is 0 Å². The summed E-state index contributed by atoms with van der Waals surface area (Å²) in [6.45, 7) is 16.3. The summed E-state index contributed by atoms with van der Waals surface area (Å²) < 4.78 is 2.24. The summed E-state index contributed by atoms with van der Waals surface area (Å²) in [5, 5.41) is 6.21. The highest BCUT2D eigenvalue weighted by Crippen LogP contribution is 2.52. The van der Waals surface area contributed by atoms with Gasteiger partial charge in [-0.15, -0.1) is 0 Å². The first-order valence-electron chi connectivity index (χ1n) is 27.8. The number of rotatable bonds is 10. The fourth-order valence-electron chi connectivity index (χ4n) is 13.8. The molecule has 2 saturated carbocycles. The zero-order chi connectivity index (χ0) is 49.5. The third kappa shape index (κ3) is 8.72. The maximum absolute atomic E-state index is 14.6. The molecule has 3 aromatic heterocycles. The summed E-state index contributed by atoms with van der Waals surface area (Å²) in [5.74, 6) is 1.44. The Morgan fingerprint density at radius 1 is 0.819 bits per heavy atom. The van der Waals surface area contributed by atoms with E-state index in [-0.39, 0.29) is 46.9 Å². The fourth-order valence-corrected chi connectivity index (χ4v) is 13.8. The van der Waals surface area contributed by atoms with E-state index < -0.39 is 5.41 Å². The molecule has 15 heteroatoms. The van der Waals surface area contributed by atoms with Crippen molar-refractivity contribution >= 4 is 52.0 Å². The van der Waals surface area contributed by atoms with Gasteiger partial charge in [-0.3, -0.25) is 24.5 Å². The predicted molar refractivity (Wildman–Crippen MR) is 280 cm³/mol. The smallest absolute Gasteiger partial charge is 0.234 e. The van der Waals surface area contributed by atoms with Crippen molar-refractivity contribution in [2.45, 2.75) is 160 Å². The van der Waals surface area contributed by atoms with Gasteiger partial charge in [0.05, 0.1) is 23.5 Å². The molecular formula is C57H75N11O4. The molecule has 4 amide bonds. The number of aryl methyl sites for hydroxylation is 1. The van der Waals surface area contributed by atoms with Crippen LogP contribution in [-0.2, 0) is 24.6 Å². The van der Waals surface area contributed by atoms with Crippen molar-refractivity contribution in [1.29, 1.82) is 0 Å². The predicted octanol–water partition coefficient (Wildman–Crippen LogP) is 7.72. The normalized spacial score (nSPS) is 25.8. The van der Waals surface area contributed by atoms with E-state index in [1.54, 1.807) is 6.20 Å². The van der Waals surface area contributed by atoms with Crippen LogP contribution in [0.2, 0.25) is 0 Å². The Balaban J connectivity index is 0.695. The van der Waals surface area contributed by atoms with Crippen LogP contribution in [-0.4, -0.2) is 135 Å². The van der Waals surface area contributed by atoms with Crippen LogP contribution in [0.25, 0.3) is 22.3 Å². The number of hydrogen-bond donors (Lipinski definition) is 2. The van der Waals surface area contributed by atoms with Crippen molar-refractivity contribution in [2.75, 3.05) is 74.0 Å². The van der Waals surface area contributed by atoms with Gasteiger partial charge >= 0.3 is 0 Å². The molecule has 382 valence electrons. The van der Waals surface area contributed by atoms with Gasteiger partial charge in [-0.1, -0.05) is 31.5 Å². The first-order valence-corrected chi connectivity index (χ1v) is 27.8. The summed E-state index contributed by atoms with van der Waals surface area (Å²) in [6.07, 6.45) is 18.2. The lowest BCUT2D eigenvalue weighted by molar-refractivity contribution is -0.149. The first kappa shape index (κ1) is 47.4. The quantitative estimate of drug-likeness (QED) is 0.150. The second-order valence-electron chi connectivity index (χ2n) is 23.8. The Bertz CT molecular complexity index is 2750. The van der Waals surface area contributed by atoms with Crippen molar-refractivity contribution < 1.29 is 19.2 Å². The summed E-state index contributed by atoms with van der Waals surface area (Å²) in [7, 11) is 0. The monoisotopic (exact) mass is 978 g/mol. The van der Waals surface area contributed by atoms with E-state index in [4.69, 9.17) is 15.0 Å². The number of benzene rings is 1. The largest absolute Gasteiger partial charge is 0.367 e. The molecule has 7 fully saturated rings. The van der Waals surface area contributed by atoms with Crippen molar-refractivity contribution in [3.63, 3.8) is 0 Å². The van der Waals surface area contributed by atoms with Gasteiger partial charge < -0.3 is 34.4 Å². The van der Waals surface area contributed by atoms with Crippen LogP contribution in [0.15, 0.2) is 42.9 Å². The fraction of sp³-hybridized carbons (Fsp3) is 0.632. The number of imidazole rings is 1. The third-order valence-electron chi connectivity index (χ3n) is 18.7. The lowest BCUT2D eigenvalue weighted by Gasteiger charge is -2.49. The summed E-state index contributed by atoms with van der Waals surface area (Å²) in [6, 6.07) is 13.3. The van der Waals surface area contributed by atoms with Gasteiger partial charge in [0.1, 0.15) is 11.3 Å². The number of aromatic nitrogens is 4. The molecule has 1 spiro atoms. The molecule has 1 aromatic carbocycles. The maximum Gasteiger partial charge on any atom is 0.234 e. The second kappa shape index (κ2) is 18.7. The Kier molecular flexibility index (Phi) is 12.3. The standard InChI is InChI=1S/C57H75N11O4/c1-36(2)68-35-59-47-32-46(61-51(50(47)68)60-41-9-10-41)39-8-12-45-48(29-39)67(43-30-42(31-43)63-20-6-5-7-21-63)34-57(45)18-26-66(27-19-57)55(72)56(4)16-24-65(25-17-56)54(71)38-14-22-64(23-15-38)52-37(3)28-40(33-58-52)44-11-13-49(69)62-53(44)70/h8,12,28-29,32-33,35-36,38,41-44H,5-7,9-11,13-27,30-31,34H2,1-4H3,(H,60,61)(H,62,69,70)/t42-,43+,44?. The molecule has 1 unspecified atom stereocenters. The first-order chi connectivity index (χ1) is 34.8. The average molecular weight is 978 g/mol. The molecule has 5 saturated heterocycles. The minimum Gasteiger partial charge on any atom is -0.367 e. The summed E-state index contributed by atoms with van der Waals surface area (Å²) in [5.41, 5.74) is 8.34. The number of nitrogens with one attached hydrogen (secondary N) is 2. The Morgan fingerprint density at radius 3 is 2.25 bits per heavy atom. The van der Waals surface area contributed by atoms with Gasteiger partial charge in [0, 0.05) is 111 Å². The number of piperidine rings is 5. The molecule has 0 bridgehead atoms. The van der Waals surface area contributed by atoms with Crippen LogP contribution in [0, 0.1) is 18.3 Å². The number of amides is 4. The molecule has 1 atom stereocenters. The topological polar surface area (TPSA) is 152 Å². The molecule has 0 radical (unpaired) electrons. The molecule has 8 aliphatic rings. The molecule has 9 heterocycles. The van der Waals surface area contributed by atoms with Gasteiger partial charge in [0.25, 0.3) is 0 Å². The van der Waals surface area contributed by atoms with Crippen molar-refractivity contribution in [3.8, 4) is 11.3 Å². The zero-order valence-electron chi connectivity index (χ0n) is 43.1. The highest BCUT2D eigenvalue weighted by molar-refractivity contribution is 6.01. The molecule has 6 aliphatic heterocycles. The molecule has 72 heavy (non-hydrogen) atoms. The van der Waals surface area contributed by atoms with E-state index in [1.165, 1.54) is 69.3 Å². The number of fused-ring (bicyclic) bond motifs is 3. The minimum atomic E-state index is -0.482. The minimum absolute atomic E-state index is 0.00672. The van der Waals surface area contributed by atoms with Gasteiger partial charge in [-0.25, -0.2) is 15.0 Å². The Morgan fingerprint density at radius 2 is 1.56 bits per heavy atom. The molecule has 2 aliphatic carbocycles. The van der Waals surface area contributed by atoms with Crippen LogP contribution < -0.4 is 20.4 Å². The molecule has 12 rings (SSSR count). The molecule has 4 aromatic rings. The maximum atomic E-state index is 14.6. The van der Waals surface area contributed by atoms with Gasteiger partial charge in [0.2, 0.25) is 23.6 Å². The number of carbonyl (C=O) groups is 4. The van der Waals surface area contributed by atoms with Gasteiger partial charge in [0.15, 0.2) is 5.82 Å². The highest BCUT2D eigenvalue weighted by Gasteiger charge is 2.51. The van der Waals surface area contributed by atoms with E-state index in [0.29, 0.717) is 56.9 Å². The molecule has 2 N–H and O–H groups in total. The van der Waals surface area contributed by atoms with Crippen LogP contribution in [0.5, 0.6) is 0 Å². The van der Waals surface area contributed by atoms with Crippen molar-refractivity contribution in [3.05, 3.63) is 59.5 Å². The van der Waals surface area contributed by atoms with E-state index >= 15 is 0 Å². The molecule has 15 nitrogen and oxygen atoms in total. The number of carbonyl (C=O) groups excluding carboxylic acids is 4. The van der Waals surface area contributed by atoms with Crippen LogP contribution in [0.3, 0.4) is 0 Å². The SMILES string of the molecule is Cc1cc(C2CCC(=O)NC2=O)cnc1N1CCC(C(=O)N2CCC(C)(C(=O)N3CCC4(CC3)CN([C@H]3C[C@@H](N5CCCCC5)C3)c3cc(-c5cc6ncn(C(C)C)c6c(NC6CC6)n5)ccc34)CC2)CC1. The number of pyridine rings is 2. The van der Waals surface area contributed by atoms with Crippen LogP contribution in [0.1, 0.15) is 146 Å². The van der Waals surface area contributed by atoms with Gasteiger partial charge in [-0.05, 0) is 146 Å². The lowest BCUT2D eigenvalue weighted by atomic mass is 9.72. The van der Waals surface area contributed by atoms with E-state index in [2.05, 4.69) is 79.8 Å². The van der Waals surface area contributed by atoms with E-state index in [0.717, 1.165) is 103 Å². The average Bonchev–Trinajstić information content (AvgIpc) is 4.00. The zero-order valence-corrected chi connectivity index (χ0v) is 43.1. The van der Waals surface area contributed by atoms with Gasteiger partial charge in [-0.2, -0.15) is 0 Å². The Hall–Kier alpha value is -5.57. The number of anilines is 3. The number of hydrogen-bond acceptors (Lipinski definition) is 11. The summed E-state index contributed by atoms with van der Waals surface area (Å²) in [4.78, 5) is 79.8. The second-order valence-corrected chi connectivity index (χ2v) is 23.8. The molecular weight excluding hydrogens is 903 g/mol. The summed E-state index contributed by atoms with van der Waals surface area (Å²) >= 11 is 0. The number of nitrogens with zero attached hydrogens (tertiary/aromatic N) is 9. The number of imide groups is 1. The van der Waals surface area contributed by atoms with E-state index in [1.807, 2.05) is 24.2 Å². The van der Waals surface area contributed by atoms with Crippen molar-refractivity contribution in [2.24, 2.45) is 11.3 Å². The van der Waals surface area contributed by atoms with Crippen molar-refractivity contribution in [1.82, 2.24) is 39.5 Å².